The average molecular weight is 382 g/mol. The van der Waals surface area contributed by atoms with Gasteiger partial charge < -0.3 is 0 Å². The van der Waals surface area contributed by atoms with Gasteiger partial charge in [-0.1, -0.05) is 28.1 Å². The van der Waals surface area contributed by atoms with Gasteiger partial charge in [-0.05, 0) is 37.0 Å². The lowest BCUT2D eigenvalue weighted by Crippen LogP contribution is -2.17. The van der Waals surface area contributed by atoms with Crippen molar-refractivity contribution in [1.29, 1.82) is 0 Å². The summed E-state index contributed by atoms with van der Waals surface area (Å²) in [5, 5.41) is 3.99. The van der Waals surface area contributed by atoms with E-state index in [0.29, 0.717) is 30.5 Å². The van der Waals surface area contributed by atoms with Crippen LogP contribution in [0, 0.1) is 0 Å². The molecule has 1 aliphatic rings. The molecule has 118 valence electrons. The lowest BCUT2D eigenvalue weighted by atomic mass is 10.1. The Morgan fingerprint density at radius 3 is 2.74 bits per heavy atom. The second-order valence-corrected chi connectivity index (χ2v) is 6.46. The molecule has 2 aromatic heterocycles. The van der Waals surface area contributed by atoms with Gasteiger partial charge in [0, 0.05) is 21.3 Å². The van der Waals surface area contributed by atoms with Gasteiger partial charge in [0.05, 0.1) is 6.20 Å². The predicted octanol–water partition coefficient (Wildman–Crippen LogP) is 4.67. The number of hydrogen-bond acceptors (Lipinski definition) is 2. The molecule has 0 saturated carbocycles. The lowest BCUT2D eigenvalue weighted by molar-refractivity contribution is -0.143. The van der Waals surface area contributed by atoms with E-state index in [1.54, 1.807) is 0 Å². The minimum Gasteiger partial charge on any atom is -0.233 e. The zero-order chi connectivity index (χ0) is 16.2. The Labute approximate surface area is 138 Å². The normalized spacial score (nSPS) is 14.4. The molecule has 3 aromatic rings. The summed E-state index contributed by atoms with van der Waals surface area (Å²) in [5.41, 5.74) is 1.79. The molecule has 0 bridgehead atoms. The van der Waals surface area contributed by atoms with Crippen LogP contribution < -0.4 is 0 Å². The third kappa shape index (κ3) is 2.34. The van der Waals surface area contributed by atoms with Gasteiger partial charge in [0.2, 0.25) is 0 Å². The van der Waals surface area contributed by atoms with Gasteiger partial charge in [-0.15, -0.1) is 0 Å². The van der Waals surface area contributed by atoms with E-state index in [0.717, 1.165) is 14.6 Å². The van der Waals surface area contributed by atoms with Crippen LogP contribution in [0.25, 0.3) is 16.8 Å². The number of hydrogen-bond donors (Lipinski definition) is 0. The molecule has 3 nitrogen and oxygen atoms in total. The Morgan fingerprint density at radius 2 is 2.00 bits per heavy atom. The first-order valence-corrected chi connectivity index (χ1v) is 7.97. The van der Waals surface area contributed by atoms with Crippen LogP contribution in [0.1, 0.15) is 23.4 Å². The molecule has 0 N–H and O–H groups in total. The van der Waals surface area contributed by atoms with Crippen molar-refractivity contribution in [2.24, 2.45) is 0 Å². The zero-order valence-corrected chi connectivity index (χ0v) is 13.4. The summed E-state index contributed by atoms with van der Waals surface area (Å²) in [7, 11) is 0. The maximum atomic E-state index is 13.6. The minimum atomic E-state index is -4.45. The fraction of sp³-hybridized carbons (Fsp3) is 0.250. The third-order valence-corrected chi connectivity index (χ3v) is 4.57. The Balaban J connectivity index is 2.04. The van der Waals surface area contributed by atoms with Crippen LogP contribution in [0.5, 0.6) is 0 Å². The first-order valence-electron chi connectivity index (χ1n) is 7.18. The van der Waals surface area contributed by atoms with E-state index in [1.807, 2.05) is 24.3 Å². The Morgan fingerprint density at radius 1 is 1.17 bits per heavy atom. The number of benzene rings is 1. The summed E-state index contributed by atoms with van der Waals surface area (Å²) < 4.78 is 42.5. The molecule has 1 aliphatic carbocycles. The van der Waals surface area contributed by atoms with Crippen molar-refractivity contribution in [2.45, 2.75) is 25.4 Å². The fourth-order valence-electron chi connectivity index (χ4n) is 3.13. The second-order valence-electron chi connectivity index (χ2n) is 5.54. The highest BCUT2D eigenvalue weighted by Gasteiger charge is 2.40. The standard InChI is InChI=1S/C16H11BrF3N3/c17-10-4-1-3-9(7-10)12-8-21-23-14(16(18,19)20)11-5-2-6-13(11)22-15(12)23/h1,3-4,7-8H,2,5-6H2. The number of fused-ring (bicyclic) bond motifs is 2. The highest BCUT2D eigenvalue weighted by molar-refractivity contribution is 9.10. The van der Waals surface area contributed by atoms with Gasteiger partial charge in [0.1, 0.15) is 0 Å². The molecule has 0 radical (unpaired) electrons. The van der Waals surface area contributed by atoms with Crippen molar-refractivity contribution < 1.29 is 13.2 Å². The van der Waals surface area contributed by atoms with Crippen LogP contribution in [0.15, 0.2) is 34.9 Å². The van der Waals surface area contributed by atoms with Gasteiger partial charge in [0.15, 0.2) is 11.3 Å². The second kappa shape index (κ2) is 5.06. The number of halogens is 4. The number of alkyl halides is 3. The van der Waals surface area contributed by atoms with E-state index in [-0.39, 0.29) is 11.2 Å². The lowest BCUT2D eigenvalue weighted by Gasteiger charge is -2.14. The molecule has 2 heterocycles. The van der Waals surface area contributed by atoms with E-state index in [9.17, 15) is 13.2 Å². The highest BCUT2D eigenvalue weighted by atomic mass is 79.9. The topological polar surface area (TPSA) is 30.2 Å². The summed E-state index contributed by atoms with van der Waals surface area (Å²) >= 11 is 3.38. The maximum Gasteiger partial charge on any atom is 0.433 e. The number of aryl methyl sites for hydroxylation is 1. The smallest absolute Gasteiger partial charge is 0.233 e. The van der Waals surface area contributed by atoms with Crippen LogP contribution in [0.4, 0.5) is 13.2 Å². The summed E-state index contributed by atoms with van der Waals surface area (Å²) in [6, 6.07) is 7.38. The Kier molecular flexibility index (Phi) is 3.23. The van der Waals surface area contributed by atoms with Crippen molar-refractivity contribution >= 4 is 21.6 Å². The SMILES string of the molecule is FC(F)(F)c1c2c(nc3c(-c4cccc(Br)c4)cnn13)CCC2. The van der Waals surface area contributed by atoms with E-state index < -0.39 is 11.9 Å². The quantitative estimate of drug-likeness (QED) is 0.613. The Hall–Kier alpha value is -1.89. The molecular weight excluding hydrogens is 371 g/mol. The fourth-order valence-corrected chi connectivity index (χ4v) is 3.53. The van der Waals surface area contributed by atoms with Gasteiger partial charge in [-0.3, -0.25) is 0 Å². The number of aromatic nitrogens is 3. The average Bonchev–Trinajstić information content (AvgIpc) is 3.09. The van der Waals surface area contributed by atoms with Crippen molar-refractivity contribution in [3.8, 4) is 11.1 Å². The molecule has 0 spiro atoms. The molecule has 0 saturated heterocycles. The maximum absolute atomic E-state index is 13.6. The predicted molar refractivity (Wildman–Crippen MR) is 83.2 cm³/mol. The molecule has 4 rings (SSSR count). The summed E-state index contributed by atoms with van der Waals surface area (Å²) in [4.78, 5) is 4.48. The molecule has 1 aromatic carbocycles. The first kappa shape index (κ1) is 14.7. The van der Waals surface area contributed by atoms with Crippen LogP contribution in [-0.2, 0) is 19.0 Å². The molecule has 0 aliphatic heterocycles. The molecule has 7 heteroatoms. The van der Waals surface area contributed by atoms with Crippen LogP contribution >= 0.6 is 15.9 Å². The van der Waals surface area contributed by atoms with Gasteiger partial charge in [0.25, 0.3) is 0 Å². The monoisotopic (exact) mass is 381 g/mol. The van der Waals surface area contributed by atoms with Crippen LogP contribution in [-0.4, -0.2) is 14.6 Å². The number of nitrogens with zero attached hydrogens (tertiary/aromatic N) is 3. The molecular formula is C16H11BrF3N3. The minimum absolute atomic E-state index is 0.260. The van der Waals surface area contributed by atoms with Gasteiger partial charge >= 0.3 is 6.18 Å². The molecule has 0 atom stereocenters. The largest absolute Gasteiger partial charge is 0.433 e. The van der Waals surface area contributed by atoms with Crippen LogP contribution in [0.3, 0.4) is 0 Å². The summed E-state index contributed by atoms with van der Waals surface area (Å²) in [6.07, 6.45) is -1.31. The van der Waals surface area contributed by atoms with E-state index in [4.69, 9.17) is 0 Å². The summed E-state index contributed by atoms with van der Waals surface area (Å²) in [5.74, 6) is 0. The molecule has 23 heavy (non-hydrogen) atoms. The van der Waals surface area contributed by atoms with E-state index in [1.165, 1.54) is 6.20 Å². The van der Waals surface area contributed by atoms with Gasteiger partial charge in [-0.2, -0.15) is 18.3 Å². The molecule has 0 amide bonds. The van der Waals surface area contributed by atoms with Gasteiger partial charge in [-0.25, -0.2) is 9.50 Å². The number of rotatable bonds is 1. The molecule has 0 fully saturated rings. The van der Waals surface area contributed by atoms with E-state index >= 15 is 0 Å². The van der Waals surface area contributed by atoms with Crippen molar-refractivity contribution in [2.75, 3.05) is 0 Å². The van der Waals surface area contributed by atoms with Crippen molar-refractivity contribution in [3.63, 3.8) is 0 Å². The zero-order valence-electron chi connectivity index (χ0n) is 11.9. The first-order chi connectivity index (χ1) is 10.9. The van der Waals surface area contributed by atoms with Crippen LogP contribution in [0.2, 0.25) is 0 Å². The van der Waals surface area contributed by atoms with E-state index in [2.05, 4.69) is 26.0 Å². The Bertz CT molecular complexity index is 915. The molecule has 0 unspecified atom stereocenters. The summed E-state index contributed by atoms with van der Waals surface area (Å²) in [6.45, 7) is 0. The third-order valence-electron chi connectivity index (χ3n) is 4.08. The van der Waals surface area contributed by atoms with Crippen molar-refractivity contribution in [1.82, 2.24) is 14.6 Å². The van der Waals surface area contributed by atoms with Crippen molar-refractivity contribution in [3.05, 3.63) is 51.9 Å². The highest BCUT2D eigenvalue weighted by Crippen LogP contribution is 2.38.